The molecule has 7 nitrogen and oxygen atoms in total. The first-order valence-electron chi connectivity index (χ1n) is 6.27. The zero-order chi connectivity index (χ0) is 14.5. The number of hydrogen-bond acceptors (Lipinski definition) is 5. The van der Waals surface area contributed by atoms with Crippen LogP contribution in [0.15, 0.2) is 0 Å². The van der Waals surface area contributed by atoms with Crippen LogP contribution in [0.25, 0.3) is 0 Å². The molecule has 1 aliphatic heterocycles. The summed E-state index contributed by atoms with van der Waals surface area (Å²) in [6.07, 6.45) is 0.614. The summed E-state index contributed by atoms with van der Waals surface area (Å²) in [5.41, 5.74) is 0. The van der Waals surface area contributed by atoms with Gasteiger partial charge < -0.3 is 10.4 Å². The highest BCUT2D eigenvalue weighted by atomic mass is 32.2. The molecule has 110 valence electrons. The van der Waals surface area contributed by atoms with Gasteiger partial charge in [0.1, 0.15) is 0 Å². The van der Waals surface area contributed by atoms with E-state index in [0.717, 1.165) is 0 Å². The fourth-order valence-electron chi connectivity index (χ4n) is 2.16. The van der Waals surface area contributed by atoms with Crippen LogP contribution in [0, 0.1) is 0 Å². The average Bonchev–Trinajstić information content (AvgIpc) is 2.65. The monoisotopic (exact) mass is 292 g/mol. The van der Waals surface area contributed by atoms with Crippen molar-refractivity contribution in [3.05, 3.63) is 0 Å². The van der Waals surface area contributed by atoms with Crippen LogP contribution in [-0.4, -0.2) is 67.5 Å². The number of carboxylic acids is 1. The van der Waals surface area contributed by atoms with Crippen molar-refractivity contribution in [2.45, 2.75) is 25.8 Å². The molecule has 1 atom stereocenters. The van der Waals surface area contributed by atoms with E-state index >= 15 is 0 Å². The Bertz CT molecular complexity index is 434. The van der Waals surface area contributed by atoms with Crippen LogP contribution in [0.2, 0.25) is 0 Å². The Balaban J connectivity index is 2.57. The maximum Gasteiger partial charge on any atom is 0.317 e. The van der Waals surface area contributed by atoms with Crippen LogP contribution >= 0.6 is 0 Å². The molecule has 1 heterocycles. The zero-order valence-electron chi connectivity index (χ0n) is 11.0. The van der Waals surface area contributed by atoms with Crippen LogP contribution in [0.3, 0.4) is 0 Å². The normalized spacial score (nSPS) is 21.5. The lowest BCUT2D eigenvalue weighted by atomic mass is 10.2. The Morgan fingerprint density at radius 2 is 2.11 bits per heavy atom. The van der Waals surface area contributed by atoms with E-state index in [2.05, 4.69) is 5.32 Å². The number of carbonyl (C=O) groups is 2. The quantitative estimate of drug-likeness (QED) is 0.629. The van der Waals surface area contributed by atoms with Crippen molar-refractivity contribution in [1.82, 2.24) is 10.2 Å². The van der Waals surface area contributed by atoms with Gasteiger partial charge in [-0.25, -0.2) is 8.42 Å². The lowest BCUT2D eigenvalue weighted by Crippen LogP contribution is -2.42. The van der Waals surface area contributed by atoms with Crippen molar-refractivity contribution < 1.29 is 23.1 Å². The maximum atomic E-state index is 11.4. The first kappa shape index (κ1) is 15.9. The number of carbonyl (C=O) groups excluding carboxylic acids is 1. The molecule has 1 aliphatic rings. The van der Waals surface area contributed by atoms with Crippen molar-refractivity contribution in [2.24, 2.45) is 0 Å². The molecule has 1 fully saturated rings. The standard InChI is InChI=1S/C11H20N2O5S/c1-2-12-10(14)3-5-13(7-11(15)16)9-4-6-19(17,18)8-9/h9H,2-8H2,1H3,(H,12,14)(H,15,16). The Labute approximate surface area is 112 Å². The second-order valence-electron chi connectivity index (χ2n) is 4.62. The molecule has 1 unspecified atom stereocenters. The summed E-state index contributed by atoms with van der Waals surface area (Å²) < 4.78 is 22.8. The van der Waals surface area contributed by atoms with E-state index in [0.29, 0.717) is 13.0 Å². The van der Waals surface area contributed by atoms with Crippen LogP contribution in [0.4, 0.5) is 0 Å². The first-order valence-corrected chi connectivity index (χ1v) is 8.09. The molecule has 1 saturated heterocycles. The van der Waals surface area contributed by atoms with Crippen LogP contribution in [0.1, 0.15) is 19.8 Å². The van der Waals surface area contributed by atoms with Crippen molar-refractivity contribution in [3.8, 4) is 0 Å². The fourth-order valence-corrected chi connectivity index (χ4v) is 3.92. The van der Waals surface area contributed by atoms with Gasteiger partial charge >= 0.3 is 5.97 Å². The van der Waals surface area contributed by atoms with Gasteiger partial charge in [0.15, 0.2) is 9.84 Å². The SMILES string of the molecule is CCNC(=O)CCN(CC(=O)O)C1CCS(=O)(=O)C1. The van der Waals surface area contributed by atoms with Crippen LogP contribution in [-0.2, 0) is 19.4 Å². The zero-order valence-corrected chi connectivity index (χ0v) is 11.8. The predicted molar refractivity (Wildman–Crippen MR) is 69.6 cm³/mol. The summed E-state index contributed by atoms with van der Waals surface area (Å²) in [4.78, 5) is 23.8. The molecule has 2 N–H and O–H groups in total. The fraction of sp³-hybridized carbons (Fsp3) is 0.818. The smallest absolute Gasteiger partial charge is 0.317 e. The lowest BCUT2D eigenvalue weighted by molar-refractivity contribution is -0.139. The van der Waals surface area contributed by atoms with E-state index in [4.69, 9.17) is 5.11 Å². The minimum atomic E-state index is -3.06. The molecule has 0 bridgehead atoms. The van der Waals surface area contributed by atoms with E-state index in [-0.39, 0.29) is 43.0 Å². The van der Waals surface area contributed by atoms with Gasteiger partial charge in [0, 0.05) is 25.6 Å². The van der Waals surface area contributed by atoms with Gasteiger partial charge in [-0.15, -0.1) is 0 Å². The molecular formula is C11H20N2O5S. The Morgan fingerprint density at radius 1 is 1.42 bits per heavy atom. The molecule has 0 aliphatic carbocycles. The highest BCUT2D eigenvalue weighted by Gasteiger charge is 2.33. The highest BCUT2D eigenvalue weighted by Crippen LogP contribution is 2.17. The van der Waals surface area contributed by atoms with E-state index in [1.807, 2.05) is 0 Å². The van der Waals surface area contributed by atoms with Gasteiger partial charge in [-0.2, -0.15) is 0 Å². The average molecular weight is 292 g/mol. The molecule has 19 heavy (non-hydrogen) atoms. The minimum absolute atomic E-state index is 0.0182. The Hall–Kier alpha value is -1.15. The number of hydrogen-bond donors (Lipinski definition) is 2. The van der Waals surface area contributed by atoms with Gasteiger partial charge in [-0.3, -0.25) is 14.5 Å². The third kappa shape index (κ3) is 5.56. The summed E-state index contributed by atoms with van der Waals surface area (Å²) in [5.74, 6) is -1.09. The van der Waals surface area contributed by atoms with Gasteiger partial charge in [0.25, 0.3) is 0 Å². The molecule has 0 aromatic rings. The molecular weight excluding hydrogens is 272 g/mol. The van der Waals surface area contributed by atoms with Crippen LogP contribution < -0.4 is 5.32 Å². The molecule has 1 rings (SSSR count). The number of nitrogens with zero attached hydrogens (tertiary/aromatic N) is 1. The summed E-state index contributed by atoms with van der Waals surface area (Å²) in [6.45, 7) is 2.35. The number of rotatable bonds is 7. The first-order chi connectivity index (χ1) is 8.84. The summed E-state index contributed by atoms with van der Waals surface area (Å²) in [5, 5.41) is 11.5. The largest absolute Gasteiger partial charge is 0.480 e. The third-order valence-corrected chi connectivity index (χ3v) is 4.81. The van der Waals surface area contributed by atoms with Crippen molar-refractivity contribution in [3.63, 3.8) is 0 Å². The minimum Gasteiger partial charge on any atom is -0.480 e. The number of aliphatic carboxylic acids is 1. The summed E-state index contributed by atoms with van der Waals surface area (Å²) in [6, 6.07) is -0.296. The van der Waals surface area contributed by atoms with E-state index in [9.17, 15) is 18.0 Å². The number of nitrogens with one attached hydrogen (secondary N) is 1. The van der Waals surface area contributed by atoms with Crippen LogP contribution in [0.5, 0.6) is 0 Å². The molecule has 0 spiro atoms. The second-order valence-corrected chi connectivity index (χ2v) is 6.85. The van der Waals surface area contributed by atoms with E-state index < -0.39 is 15.8 Å². The van der Waals surface area contributed by atoms with Crippen molar-refractivity contribution in [1.29, 1.82) is 0 Å². The van der Waals surface area contributed by atoms with Gasteiger partial charge in [0.05, 0.1) is 18.1 Å². The second kappa shape index (κ2) is 6.85. The molecule has 1 amide bonds. The molecule has 0 aromatic heterocycles. The number of sulfone groups is 1. The molecule has 0 aromatic carbocycles. The lowest BCUT2D eigenvalue weighted by Gasteiger charge is -2.25. The topological polar surface area (TPSA) is 104 Å². The van der Waals surface area contributed by atoms with Gasteiger partial charge in [-0.05, 0) is 13.3 Å². The summed E-state index contributed by atoms with van der Waals surface area (Å²) >= 11 is 0. The van der Waals surface area contributed by atoms with Gasteiger partial charge in [-0.1, -0.05) is 0 Å². The number of carboxylic acid groups (broad SMARTS) is 1. The summed E-state index contributed by atoms with van der Waals surface area (Å²) in [7, 11) is -3.06. The maximum absolute atomic E-state index is 11.4. The predicted octanol–water partition coefficient (Wildman–Crippen LogP) is -0.914. The Kier molecular flexibility index (Phi) is 5.74. The Morgan fingerprint density at radius 3 is 2.58 bits per heavy atom. The third-order valence-electron chi connectivity index (χ3n) is 3.06. The molecule has 0 saturated carbocycles. The number of amides is 1. The van der Waals surface area contributed by atoms with Gasteiger partial charge in [0.2, 0.25) is 5.91 Å². The van der Waals surface area contributed by atoms with E-state index in [1.54, 1.807) is 11.8 Å². The molecule has 8 heteroatoms. The van der Waals surface area contributed by atoms with Crippen molar-refractivity contribution in [2.75, 3.05) is 31.1 Å². The van der Waals surface area contributed by atoms with Crippen molar-refractivity contribution >= 4 is 21.7 Å². The van der Waals surface area contributed by atoms with E-state index in [1.165, 1.54) is 0 Å². The highest BCUT2D eigenvalue weighted by molar-refractivity contribution is 7.91. The molecule has 0 radical (unpaired) electrons.